The predicted octanol–water partition coefficient (Wildman–Crippen LogP) is 3.56. The van der Waals surface area contributed by atoms with E-state index in [2.05, 4.69) is 49.4 Å². The Bertz CT molecular complexity index is 156. The number of hydrogen-bond donors (Lipinski definition) is 0. The van der Waals surface area contributed by atoms with Crippen LogP contribution in [-0.4, -0.2) is 3.92 Å². The molecule has 1 atom stereocenters. The third kappa shape index (κ3) is 1.55. The molecule has 1 aliphatic rings. The minimum atomic E-state index is 0.527. The molecule has 0 bridgehead atoms. The van der Waals surface area contributed by atoms with E-state index in [9.17, 15) is 0 Å². The first-order chi connectivity index (χ1) is 4.54. The van der Waals surface area contributed by atoms with Gasteiger partial charge in [-0.1, -0.05) is 48.1 Å². The monoisotopic (exact) mass is 250 g/mol. The molecule has 0 fully saturated rings. The minimum Gasteiger partial charge on any atom is -0.0845 e. The Morgan fingerprint density at radius 2 is 2.20 bits per heavy atom. The van der Waals surface area contributed by atoms with Crippen molar-refractivity contribution in [1.29, 1.82) is 0 Å². The van der Waals surface area contributed by atoms with Gasteiger partial charge in [-0.3, -0.25) is 0 Å². The second-order valence-electron chi connectivity index (χ2n) is 3.84. The van der Waals surface area contributed by atoms with Crippen LogP contribution in [0.3, 0.4) is 0 Å². The first-order valence-electron chi connectivity index (χ1n) is 3.85. The van der Waals surface area contributed by atoms with E-state index in [-0.39, 0.29) is 0 Å². The lowest BCUT2D eigenvalue weighted by atomic mass is 9.78. The Balaban J connectivity index is 2.78. The highest BCUT2D eigenvalue weighted by Gasteiger charge is 2.30. The van der Waals surface area contributed by atoms with Crippen LogP contribution >= 0.6 is 22.6 Å². The topological polar surface area (TPSA) is 0 Å². The second kappa shape index (κ2) is 2.84. The van der Waals surface area contributed by atoms with Crippen molar-refractivity contribution >= 4 is 22.6 Å². The standard InChI is InChI=1S/C9H15I/c1-7-5-4-6-9(2,3)8(7)10/h5,8H,4,6H2,1-3H3/t8-/m0/s1. The second-order valence-corrected chi connectivity index (χ2v) is 5.08. The van der Waals surface area contributed by atoms with E-state index < -0.39 is 0 Å². The van der Waals surface area contributed by atoms with Crippen molar-refractivity contribution in [3.05, 3.63) is 11.6 Å². The molecule has 10 heavy (non-hydrogen) atoms. The van der Waals surface area contributed by atoms with E-state index in [1.807, 2.05) is 0 Å². The molecule has 0 saturated carbocycles. The first kappa shape index (κ1) is 8.57. The molecule has 0 aromatic heterocycles. The largest absolute Gasteiger partial charge is 0.0845 e. The summed E-state index contributed by atoms with van der Waals surface area (Å²) in [7, 11) is 0. The Hall–Kier alpha value is 0.470. The van der Waals surface area contributed by atoms with E-state index in [4.69, 9.17) is 0 Å². The van der Waals surface area contributed by atoms with Crippen molar-refractivity contribution in [2.75, 3.05) is 0 Å². The number of alkyl halides is 1. The maximum absolute atomic E-state index is 2.56. The van der Waals surface area contributed by atoms with Crippen LogP contribution in [0, 0.1) is 5.41 Å². The minimum absolute atomic E-state index is 0.527. The molecule has 0 spiro atoms. The summed E-state index contributed by atoms with van der Waals surface area (Å²) >= 11 is 2.56. The van der Waals surface area contributed by atoms with Gasteiger partial charge < -0.3 is 0 Å². The van der Waals surface area contributed by atoms with Gasteiger partial charge in [0.1, 0.15) is 0 Å². The highest BCUT2D eigenvalue weighted by Crippen LogP contribution is 2.40. The van der Waals surface area contributed by atoms with Gasteiger partial charge in [0.15, 0.2) is 0 Å². The molecule has 0 aromatic rings. The first-order valence-corrected chi connectivity index (χ1v) is 5.09. The highest BCUT2D eigenvalue weighted by atomic mass is 127. The van der Waals surface area contributed by atoms with Gasteiger partial charge in [0.2, 0.25) is 0 Å². The van der Waals surface area contributed by atoms with Crippen LogP contribution in [0.4, 0.5) is 0 Å². The fraction of sp³-hybridized carbons (Fsp3) is 0.778. The third-order valence-corrected chi connectivity index (χ3v) is 5.01. The maximum Gasteiger partial charge on any atom is 0.0367 e. The summed E-state index contributed by atoms with van der Waals surface area (Å²) in [5, 5.41) is 0. The summed E-state index contributed by atoms with van der Waals surface area (Å²) in [5.74, 6) is 0. The average molecular weight is 250 g/mol. The highest BCUT2D eigenvalue weighted by molar-refractivity contribution is 14.1. The van der Waals surface area contributed by atoms with Gasteiger partial charge in [-0.15, -0.1) is 0 Å². The fourth-order valence-corrected chi connectivity index (χ4v) is 2.08. The van der Waals surface area contributed by atoms with Gasteiger partial charge in [-0.05, 0) is 25.2 Å². The van der Waals surface area contributed by atoms with E-state index in [0.29, 0.717) is 5.41 Å². The molecule has 0 unspecified atom stereocenters. The zero-order chi connectivity index (χ0) is 7.78. The quantitative estimate of drug-likeness (QED) is 0.350. The van der Waals surface area contributed by atoms with E-state index in [1.54, 1.807) is 5.57 Å². The number of allylic oxidation sites excluding steroid dienone is 2. The van der Waals surface area contributed by atoms with Crippen LogP contribution in [0.1, 0.15) is 33.6 Å². The van der Waals surface area contributed by atoms with E-state index >= 15 is 0 Å². The predicted molar refractivity (Wildman–Crippen MR) is 54.6 cm³/mol. The normalized spacial score (nSPS) is 31.6. The van der Waals surface area contributed by atoms with Crippen molar-refractivity contribution in [1.82, 2.24) is 0 Å². The van der Waals surface area contributed by atoms with E-state index in [1.165, 1.54) is 12.8 Å². The van der Waals surface area contributed by atoms with Gasteiger partial charge in [0, 0.05) is 3.92 Å². The summed E-state index contributed by atoms with van der Waals surface area (Å²) < 4.78 is 0.749. The maximum atomic E-state index is 2.56. The summed E-state index contributed by atoms with van der Waals surface area (Å²) in [6, 6.07) is 0. The molecule has 0 saturated heterocycles. The SMILES string of the molecule is CC1=CCCC(C)(C)[C@H]1I. The molecule has 0 aromatic carbocycles. The van der Waals surface area contributed by atoms with Crippen LogP contribution < -0.4 is 0 Å². The smallest absolute Gasteiger partial charge is 0.0367 e. The molecule has 0 N–H and O–H groups in total. The third-order valence-electron chi connectivity index (χ3n) is 2.34. The summed E-state index contributed by atoms with van der Waals surface area (Å²) in [4.78, 5) is 0. The van der Waals surface area contributed by atoms with Gasteiger partial charge in [0.25, 0.3) is 0 Å². The lowest BCUT2D eigenvalue weighted by Gasteiger charge is -2.34. The lowest BCUT2D eigenvalue weighted by molar-refractivity contribution is 0.340. The summed E-state index contributed by atoms with van der Waals surface area (Å²) in [6.45, 7) is 6.97. The number of halogens is 1. The Morgan fingerprint density at radius 3 is 2.60 bits per heavy atom. The molecule has 0 aliphatic heterocycles. The Labute approximate surface area is 77.2 Å². The average Bonchev–Trinajstić information content (AvgIpc) is 1.83. The molecule has 58 valence electrons. The van der Waals surface area contributed by atoms with Gasteiger partial charge in [0.05, 0.1) is 0 Å². The van der Waals surface area contributed by atoms with Crippen molar-refractivity contribution in [3.8, 4) is 0 Å². The zero-order valence-electron chi connectivity index (χ0n) is 6.95. The van der Waals surface area contributed by atoms with E-state index in [0.717, 1.165) is 3.92 Å². The molecule has 0 radical (unpaired) electrons. The van der Waals surface area contributed by atoms with Crippen LogP contribution in [0.2, 0.25) is 0 Å². The molecular formula is C9H15I. The van der Waals surface area contributed by atoms with Crippen molar-refractivity contribution in [2.24, 2.45) is 5.41 Å². The summed E-state index contributed by atoms with van der Waals surface area (Å²) in [5.41, 5.74) is 2.09. The molecule has 1 heteroatoms. The van der Waals surface area contributed by atoms with Crippen LogP contribution in [-0.2, 0) is 0 Å². The Morgan fingerprint density at radius 1 is 1.60 bits per heavy atom. The van der Waals surface area contributed by atoms with Crippen LogP contribution in [0.25, 0.3) is 0 Å². The summed E-state index contributed by atoms with van der Waals surface area (Å²) in [6.07, 6.45) is 5.00. The molecule has 1 rings (SSSR count). The molecule has 0 amide bonds. The molecule has 1 aliphatic carbocycles. The molecule has 0 heterocycles. The van der Waals surface area contributed by atoms with Crippen molar-refractivity contribution in [2.45, 2.75) is 37.5 Å². The number of hydrogen-bond acceptors (Lipinski definition) is 0. The molecule has 0 nitrogen and oxygen atoms in total. The van der Waals surface area contributed by atoms with Gasteiger partial charge in [-0.2, -0.15) is 0 Å². The van der Waals surface area contributed by atoms with Crippen LogP contribution in [0.15, 0.2) is 11.6 Å². The molecular weight excluding hydrogens is 235 g/mol. The van der Waals surface area contributed by atoms with Crippen LogP contribution in [0.5, 0.6) is 0 Å². The van der Waals surface area contributed by atoms with Crippen molar-refractivity contribution < 1.29 is 0 Å². The Kier molecular flexibility index (Phi) is 2.43. The van der Waals surface area contributed by atoms with Gasteiger partial charge in [-0.25, -0.2) is 0 Å². The lowest BCUT2D eigenvalue weighted by Crippen LogP contribution is -2.27. The fourth-order valence-electron chi connectivity index (χ4n) is 1.52. The zero-order valence-corrected chi connectivity index (χ0v) is 9.10. The number of rotatable bonds is 0. The van der Waals surface area contributed by atoms with Crippen molar-refractivity contribution in [3.63, 3.8) is 0 Å². The van der Waals surface area contributed by atoms with Gasteiger partial charge >= 0.3 is 0 Å².